The van der Waals surface area contributed by atoms with Gasteiger partial charge >= 0.3 is 5.97 Å². The number of carboxylic acid groups (broad SMARTS) is 1. The lowest BCUT2D eigenvalue weighted by molar-refractivity contribution is -0.139. The van der Waals surface area contributed by atoms with Crippen LogP contribution in [-0.4, -0.2) is 47.7 Å². The molecule has 0 saturated carbocycles. The summed E-state index contributed by atoms with van der Waals surface area (Å²) in [6, 6.07) is 0. The number of likely N-dealkylation sites (tertiary alicyclic amines) is 1. The molecule has 0 aromatic heterocycles. The molecule has 1 heterocycles. The van der Waals surface area contributed by atoms with E-state index in [4.69, 9.17) is 5.11 Å². The molecule has 0 unspecified atom stereocenters. The molecular weight excluding hydrogens is 222 g/mol. The number of hydrogen-bond donors (Lipinski definition) is 1. The van der Waals surface area contributed by atoms with Gasteiger partial charge in [-0.15, -0.1) is 0 Å². The Kier molecular flexibility index (Phi) is 7.54. The van der Waals surface area contributed by atoms with Crippen molar-refractivity contribution in [2.24, 2.45) is 0 Å². The van der Waals surface area contributed by atoms with Crippen LogP contribution in [0.15, 0.2) is 0 Å². The molecule has 17 heavy (non-hydrogen) atoms. The van der Waals surface area contributed by atoms with Crippen molar-refractivity contribution in [1.29, 1.82) is 0 Å². The molecule has 5 nitrogen and oxygen atoms in total. The van der Waals surface area contributed by atoms with Gasteiger partial charge < -0.3 is 9.84 Å². The summed E-state index contributed by atoms with van der Waals surface area (Å²) < 4.78 is 4.55. The fraction of sp³-hybridized carbons (Fsp3) is 0.833. The van der Waals surface area contributed by atoms with E-state index in [0.29, 0.717) is 6.47 Å². The number of ether oxygens (including phenoxy) is 1. The minimum atomic E-state index is -0.707. The third kappa shape index (κ3) is 11.2. The number of carboxylic acids is 1. The van der Waals surface area contributed by atoms with Crippen LogP contribution >= 0.6 is 0 Å². The highest BCUT2D eigenvalue weighted by Crippen LogP contribution is 2.07. The summed E-state index contributed by atoms with van der Waals surface area (Å²) in [6.07, 6.45) is 3.58. The standard InChI is InChI=1S/C7H13NO2.C5H10O2/c9-7(10)6-8-4-2-1-3-5-8;1-5(2,3)7-4-6/h1-6H2,(H,9,10);4H,1-3H3. The molecule has 1 saturated heterocycles. The van der Waals surface area contributed by atoms with E-state index < -0.39 is 5.97 Å². The Labute approximate surface area is 103 Å². The summed E-state index contributed by atoms with van der Waals surface area (Å²) in [7, 11) is 0. The van der Waals surface area contributed by atoms with Crippen LogP contribution in [-0.2, 0) is 14.3 Å². The summed E-state index contributed by atoms with van der Waals surface area (Å²) in [5.74, 6) is -0.707. The Bertz CT molecular complexity index is 229. The first-order valence-electron chi connectivity index (χ1n) is 5.91. The van der Waals surface area contributed by atoms with Gasteiger partial charge in [-0.3, -0.25) is 14.5 Å². The summed E-state index contributed by atoms with van der Waals surface area (Å²) in [5, 5.41) is 8.42. The predicted octanol–water partition coefficient (Wildman–Crippen LogP) is 1.51. The van der Waals surface area contributed by atoms with Gasteiger partial charge in [-0.05, 0) is 46.7 Å². The van der Waals surface area contributed by atoms with E-state index >= 15 is 0 Å². The zero-order valence-electron chi connectivity index (χ0n) is 10.9. The van der Waals surface area contributed by atoms with Gasteiger partial charge in [-0.2, -0.15) is 0 Å². The number of aliphatic carboxylic acids is 1. The van der Waals surface area contributed by atoms with Gasteiger partial charge in [0.1, 0.15) is 5.60 Å². The highest BCUT2D eigenvalue weighted by molar-refractivity contribution is 5.69. The van der Waals surface area contributed by atoms with Crippen molar-refractivity contribution in [3.05, 3.63) is 0 Å². The van der Waals surface area contributed by atoms with Crippen molar-refractivity contribution in [3.63, 3.8) is 0 Å². The first-order valence-corrected chi connectivity index (χ1v) is 5.91. The van der Waals surface area contributed by atoms with Crippen LogP contribution in [0.25, 0.3) is 0 Å². The predicted molar refractivity (Wildman–Crippen MR) is 64.8 cm³/mol. The average molecular weight is 245 g/mol. The minimum absolute atomic E-state index is 0.222. The van der Waals surface area contributed by atoms with Crippen molar-refractivity contribution < 1.29 is 19.4 Å². The van der Waals surface area contributed by atoms with Crippen molar-refractivity contribution in [2.75, 3.05) is 19.6 Å². The van der Waals surface area contributed by atoms with Crippen molar-refractivity contribution in [1.82, 2.24) is 4.90 Å². The lowest BCUT2D eigenvalue weighted by Crippen LogP contribution is -2.34. The molecule has 0 amide bonds. The SMILES string of the molecule is CC(C)(C)OC=O.O=C(O)CN1CCCCC1. The smallest absolute Gasteiger partial charge is 0.317 e. The Morgan fingerprint density at radius 2 is 1.82 bits per heavy atom. The number of carbonyl (C=O) groups excluding carboxylic acids is 1. The number of rotatable bonds is 3. The molecule has 100 valence electrons. The highest BCUT2D eigenvalue weighted by Gasteiger charge is 2.12. The normalized spacial score (nSPS) is 16.6. The molecule has 0 aromatic rings. The van der Waals surface area contributed by atoms with E-state index in [-0.39, 0.29) is 12.1 Å². The minimum Gasteiger partial charge on any atom is -0.480 e. The van der Waals surface area contributed by atoms with Gasteiger partial charge in [0.15, 0.2) is 0 Å². The molecule has 1 fully saturated rings. The molecule has 0 radical (unpaired) electrons. The monoisotopic (exact) mass is 245 g/mol. The molecule has 0 aromatic carbocycles. The van der Waals surface area contributed by atoms with Gasteiger partial charge in [0.05, 0.1) is 6.54 Å². The molecule has 1 aliphatic rings. The van der Waals surface area contributed by atoms with Crippen molar-refractivity contribution in [3.8, 4) is 0 Å². The third-order valence-electron chi connectivity index (χ3n) is 2.21. The van der Waals surface area contributed by atoms with E-state index in [1.165, 1.54) is 6.42 Å². The Morgan fingerprint density at radius 1 is 1.29 bits per heavy atom. The van der Waals surface area contributed by atoms with Gasteiger partial charge in [-0.1, -0.05) is 6.42 Å². The van der Waals surface area contributed by atoms with Gasteiger partial charge in [-0.25, -0.2) is 0 Å². The van der Waals surface area contributed by atoms with Gasteiger partial charge in [0.25, 0.3) is 6.47 Å². The van der Waals surface area contributed by atoms with Crippen LogP contribution in [0, 0.1) is 0 Å². The number of nitrogens with zero attached hydrogens (tertiary/aromatic N) is 1. The molecule has 0 atom stereocenters. The molecule has 0 aliphatic carbocycles. The quantitative estimate of drug-likeness (QED) is 0.763. The molecule has 1 N–H and O–H groups in total. The lowest BCUT2D eigenvalue weighted by atomic mass is 10.1. The summed E-state index contributed by atoms with van der Waals surface area (Å²) in [5.41, 5.74) is -0.318. The van der Waals surface area contributed by atoms with Crippen LogP contribution in [0.2, 0.25) is 0 Å². The average Bonchev–Trinajstić information content (AvgIpc) is 2.17. The second-order valence-electron chi connectivity index (χ2n) is 5.06. The van der Waals surface area contributed by atoms with Crippen LogP contribution in [0.1, 0.15) is 40.0 Å². The van der Waals surface area contributed by atoms with E-state index in [9.17, 15) is 9.59 Å². The third-order valence-corrected chi connectivity index (χ3v) is 2.21. The maximum atomic E-state index is 10.2. The zero-order chi connectivity index (χ0) is 13.3. The fourth-order valence-corrected chi connectivity index (χ4v) is 1.45. The Morgan fingerprint density at radius 3 is 2.12 bits per heavy atom. The second kappa shape index (κ2) is 8.06. The number of piperidine rings is 1. The maximum absolute atomic E-state index is 10.2. The maximum Gasteiger partial charge on any atom is 0.317 e. The topological polar surface area (TPSA) is 66.8 Å². The summed E-state index contributed by atoms with van der Waals surface area (Å²) in [4.78, 5) is 21.8. The van der Waals surface area contributed by atoms with Gasteiger partial charge in [0.2, 0.25) is 0 Å². The molecule has 0 bridgehead atoms. The largest absolute Gasteiger partial charge is 0.480 e. The summed E-state index contributed by atoms with van der Waals surface area (Å²) in [6.45, 7) is 8.07. The van der Waals surface area contributed by atoms with E-state index in [1.54, 1.807) is 0 Å². The molecule has 1 rings (SSSR count). The van der Waals surface area contributed by atoms with Crippen LogP contribution in [0.4, 0.5) is 0 Å². The second-order valence-corrected chi connectivity index (χ2v) is 5.06. The summed E-state index contributed by atoms with van der Waals surface area (Å²) >= 11 is 0. The zero-order valence-corrected chi connectivity index (χ0v) is 10.9. The molecule has 5 heteroatoms. The Hall–Kier alpha value is -1.10. The van der Waals surface area contributed by atoms with Crippen LogP contribution in [0.5, 0.6) is 0 Å². The highest BCUT2D eigenvalue weighted by atomic mass is 16.5. The number of carbonyl (C=O) groups is 2. The lowest BCUT2D eigenvalue weighted by Gasteiger charge is -2.24. The Balaban J connectivity index is 0.000000325. The molecule has 1 aliphatic heterocycles. The van der Waals surface area contributed by atoms with Crippen LogP contribution in [0.3, 0.4) is 0 Å². The van der Waals surface area contributed by atoms with Crippen molar-refractivity contribution in [2.45, 2.75) is 45.6 Å². The van der Waals surface area contributed by atoms with Gasteiger partial charge in [0, 0.05) is 0 Å². The number of hydrogen-bond acceptors (Lipinski definition) is 4. The van der Waals surface area contributed by atoms with Crippen molar-refractivity contribution >= 4 is 12.4 Å². The first kappa shape index (κ1) is 15.9. The molecule has 0 spiro atoms. The van der Waals surface area contributed by atoms with E-state index in [1.807, 2.05) is 25.7 Å². The first-order chi connectivity index (χ1) is 7.85. The molecular formula is C12H23NO4. The van der Waals surface area contributed by atoms with Crippen LogP contribution < -0.4 is 0 Å². The fourth-order valence-electron chi connectivity index (χ4n) is 1.45. The van der Waals surface area contributed by atoms with E-state index in [0.717, 1.165) is 25.9 Å². The van der Waals surface area contributed by atoms with E-state index in [2.05, 4.69) is 4.74 Å².